The Kier molecular flexibility index (Phi) is 5.48. The molecule has 0 fully saturated rings. The summed E-state index contributed by atoms with van der Waals surface area (Å²) in [5.41, 5.74) is 4.48. The summed E-state index contributed by atoms with van der Waals surface area (Å²) in [6.07, 6.45) is 2.75. The van der Waals surface area contributed by atoms with E-state index in [2.05, 4.69) is 20.3 Å². The largest absolute Gasteiger partial charge is 0.361 e. The van der Waals surface area contributed by atoms with Crippen molar-refractivity contribution in [3.63, 3.8) is 0 Å². The van der Waals surface area contributed by atoms with Crippen LogP contribution in [0.25, 0.3) is 10.9 Å². The fourth-order valence-corrected chi connectivity index (χ4v) is 3.76. The van der Waals surface area contributed by atoms with E-state index in [0.717, 1.165) is 27.6 Å². The van der Waals surface area contributed by atoms with Crippen molar-refractivity contribution < 1.29 is 4.79 Å². The molecule has 2 aromatic carbocycles. The highest BCUT2D eigenvalue weighted by atomic mass is 16.1. The van der Waals surface area contributed by atoms with Gasteiger partial charge in [0.2, 0.25) is 5.91 Å². The average molecular weight is 400 g/mol. The van der Waals surface area contributed by atoms with Crippen LogP contribution < -0.4 is 10.9 Å². The molecule has 3 N–H and O–H groups in total. The number of amides is 1. The molecule has 0 bridgehead atoms. The molecule has 152 valence electrons. The lowest BCUT2D eigenvalue weighted by Crippen LogP contribution is -2.33. The van der Waals surface area contributed by atoms with Crippen LogP contribution in [0, 0.1) is 13.8 Å². The molecular weight excluding hydrogens is 376 g/mol. The van der Waals surface area contributed by atoms with Crippen molar-refractivity contribution in [3.8, 4) is 0 Å². The number of aromatic amines is 2. The predicted molar refractivity (Wildman–Crippen MR) is 117 cm³/mol. The van der Waals surface area contributed by atoms with Gasteiger partial charge in [0.15, 0.2) is 0 Å². The Morgan fingerprint density at radius 2 is 1.83 bits per heavy atom. The molecule has 0 aliphatic carbocycles. The number of nitrogens with one attached hydrogen (secondary N) is 3. The van der Waals surface area contributed by atoms with Crippen LogP contribution in [0.4, 0.5) is 0 Å². The summed E-state index contributed by atoms with van der Waals surface area (Å²) in [6, 6.07) is 16.9. The van der Waals surface area contributed by atoms with Gasteiger partial charge in [-0.2, -0.15) is 0 Å². The van der Waals surface area contributed by atoms with Gasteiger partial charge in [-0.3, -0.25) is 9.59 Å². The second-order valence-corrected chi connectivity index (χ2v) is 7.54. The molecule has 0 saturated heterocycles. The van der Waals surface area contributed by atoms with Gasteiger partial charge in [0, 0.05) is 29.6 Å². The molecule has 0 aliphatic rings. The number of fused-ring (bicyclic) bond motifs is 1. The van der Waals surface area contributed by atoms with E-state index in [9.17, 15) is 9.59 Å². The summed E-state index contributed by atoms with van der Waals surface area (Å²) in [7, 11) is 0. The number of benzene rings is 2. The first-order valence-electron chi connectivity index (χ1n) is 9.96. The Bertz CT molecular complexity index is 1260. The highest BCUT2D eigenvalue weighted by Gasteiger charge is 2.20. The smallest absolute Gasteiger partial charge is 0.251 e. The number of hydrogen-bond donors (Lipinski definition) is 3. The lowest BCUT2D eigenvalue weighted by Gasteiger charge is -2.19. The molecule has 1 amide bonds. The van der Waals surface area contributed by atoms with E-state index in [4.69, 9.17) is 0 Å². The molecular formula is C24H24N4O2. The summed E-state index contributed by atoms with van der Waals surface area (Å²) >= 11 is 0. The minimum absolute atomic E-state index is 0.103. The molecule has 0 aliphatic heterocycles. The number of nitrogens with zero attached hydrogens (tertiary/aromatic N) is 1. The third-order valence-corrected chi connectivity index (χ3v) is 5.28. The first-order chi connectivity index (χ1) is 14.5. The molecule has 4 rings (SSSR count). The number of hydrogen-bond acceptors (Lipinski definition) is 3. The average Bonchev–Trinajstić information content (AvgIpc) is 3.11. The zero-order valence-electron chi connectivity index (χ0n) is 17.0. The Hall–Kier alpha value is -3.67. The second-order valence-electron chi connectivity index (χ2n) is 7.54. The maximum Gasteiger partial charge on any atom is 0.251 e. The van der Waals surface area contributed by atoms with Crippen LogP contribution in [-0.2, 0) is 17.6 Å². The van der Waals surface area contributed by atoms with E-state index in [0.29, 0.717) is 17.9 Å². The van der Waals surface area contributed by atoms with Crippen LogP contribution in [0.5, 0.6) is 0 Å². The topological polar surface area (TPSA) is 90.6 Å². The molecule has 6 nitrogen and oxygen atoms in total. The Labute approximate surface area is 174 Å². The normalized spacial score (nSPS) is 12.1. The summed E-state index contributed by atoms with van der Waals surface area (Å²) in [6.45, 7) is 3.73. The highest BCUT2D eigenvalue weighted by Crippen LogP contribution is 2.24. The number of carbonyl (C=O) groups excluding carboxylic acids is 1. The third kappa shape index (κ3) is 4.33. The zero-order valence-corrected chi connectivity index (χ0v) is 17.0. The van der Waals surface area contributed by atoms with Crippen LogP contribution in [0.3, 0.4) is 0 Å². The molecule has 4 aromatic rings. The number of para-hydroxylation sites is 1. The monoisotopic (exact) mass is 400 g/mol. The fourth-order valence-electron chi connectivity index (χ4n) is 3.76. The molecule has 0 radical (unpaired) electrons. The van der Waals surface area contributed by atoms with Crippen LogP contribution in [0.1, 0.15) is 34.3 Å². The summed E-state index contributed by atoms with van der Waals surface area (Å²) < 4.78 is 0. The molecule has 2 heterocycles. The maximum atomic E-state index is 12.9. The van der Waals surface area contributed by atoms with E-state index in [1.165, 1.54) is 6.07 Å². The van der Waals surface area contributed by atoms with Crippen molar-refractivity contribution in [3.05, 3.63) is 99.4 Å². The molecule has 0 saturated carbocycles. The summed E-state index contributed by atoms with van der Waals surface area (Å²) in [4.78, 5) is 35.3. The van der Waals surface area contributed by atoms with Crippen molar-refractivity contribution in [1.82, 2.24) is 20.3 Å². The van der Waals surface area contributed by atoms with Crippen molar-refractivity contribution in [2.45, 2.75) is 32.7 Å². The van der Waals surface area contributed by atoms with Gasteiger partial charge in [0.05, 0.1) is 18.2 Å². The van der Waals surface area contributed by atoms with Gasteiger partial charge in [-0.25, -0.2) is 4.98 Å². The summed E-state index contributed by atoms with van der Waals surface area (Å²) in [5, 5.41) is 4.19. The molecule has 1 atom stereocenters. The van der Waals surface area contributed by atoms with Gasteiger partial charge >= 0.3 is 0 Å². The standard InChI is InChI=1S/C24H24N4O2/c1-15-7-3-4-8-17(15)12-23(29)28-21(22-13-24(30)27-16(2)26-22)11-18-14-25-20-10-6-5-9-19(18)20/h3-10,13-14,21,25H,11-12H2,1-2H3,(H,28,29)(H,26,27,30)/t21-/m1/s1. The van der Waals surface area contributed by atoms with Crippen LogP contribution in [0.2, 0.25) is 0 Å². The van der Waals surface area contributed by atoms with Crippen molar-refractivity contribution >= 4 is 16.8 Å². The van der Waals surface area contributed by atoms with Crippen molar-refractivity contribution in [2.75, 3.05) is 0 Å². The van der Waals surface area contributed by atoms with E-state index in [1.807, 2.05) is 61.7 Å². The molecule has 30 heavy (non-hydrogen) atoms. The minimum atomic E-state index is -0.415. The first-order valence-corrected chi connectivity index (χ1v) is 9.96. The molecule has 0 unspecified atom stereocenters. The highest BCUT2D eigenvalue weighted by molar-refractivity contribution is 5.83. The van der Waals surface area contributed by atoms with Gasteiger partial charge in [0.25, 0.3) is 5.56 Å². The Balaban J connectivity index is 1.64. The third-order valence-electron chi connectivity index (χ3n) is 5.28. The molecule has 6 heteroatoms. The van der Waals surface area contributed by atoms with Gasteiger partial charge in [0.1, 0.15) is 5.82 Å². The predicted octanol–water partition coefficient (Wildman–Crippen LogP) is 3.51. The van der Waals surface area contributed by atoms with Gasteiger partial charge in [-0.05, 0) is 36.6 Å². The fraction of sp³-hybridized carbons (Fsp3) is 0.208. The molecule has 2 aromatic heterocycles. The van der Waals surface area contributed by atoms with Crippen LogP contribution >= 0.6 is 0 Å². The van der Waals surface area contributed by atoms with E-state index in [1.54, 1.807) is 6.92 Å². The van der Waals surface area contributed by atoms with E-state index >= 15 is 0 Å². The lowest BCUT2D eigenvalue weighted by atomic mass is 10.0. The van der Waals surface area contributed by atoms with Crippen molar-refractivity contribution in [2.24, 2.45) is 0 Å². The second kappa shape index (κ2) is 8.37. The first kappa shape index (κ1) is 19.6. The number of aromatic nitrogens is 3. The van der Waals surface area contributed by atoms with Gasteiger partial charge in [-0.15, -0.1) is 0 Å². The van der Waals surface area contributed by atoms with E-state index < -0.39 is 6.04 Å². The van der Waals surface area contributed by atoms with Gasteiger partial charge < -0.3 is 15.3 Å². The zero-order chi connectivity index (χ0) is 21.1. The van der Waals surface area contributed by atoms with E-state index in [-0.39, 0.29) is 17.9 Å². The Morgan fingerprint density at radius 1 is 1.07 bits per heavy atom. The summed E-state index contributed by atoms with van der Waals surface area (Å²) in [5.74, 6) is 0.420. The number of H-pyrrole nitrogens is 2. The number of aryl methyl sites for hydroxylation is 2. The SMILES string of the molecule is Cc1nc([C@@H](Cc2c[nH]c3ccccc23)NC(=O)Cc2ccccc2C)cc(=O)[nH]1. The number of carbonyl (C=O) groups is 1. The van der Waals surface area contributed by atoms with Crippen molar-refractivity contribution in [1.29, 1.82) is 0 Å². The quantitative estimate of drug-likeness (QED) is 0.463. The maximum absolute atomic E-state index is 12.9. The van der Waals surface area contributed by atoms with Crippen LogP contribution in [-0.4, -0.2) is 20.9 Å². The van der Waals surface area contributed by atoms with Gasteiger partial charge in [-0.1, -0.05) is 42.5 Å². The molecule has 0 spiro atoms. The Morgan fingerprint density at radius 3 is 2.63 bits per heavy atom. The minimum Gasteiger partial charge on any atom is -0.361 e. The van der Waals surface area contributed by atoms with Crippen LogP contribution in [0.15, 0.2) is 65.6 Å². The number of rotatable bonds is 6. The lowest BCUT2D eigenvalue weighted by molar-refractivity contribution is -0.121.